The number of nitriles is 1. The zero-order chi connectivity index (χ0) is 12.3. The molecule has 0 bridgehead atoms. The van der Waals surface area contributed by atoms with Gasteiger partial charge in [-0.05, 0) is 31.2 Å². The third-order valence-electron chi connectivity index (χ3n) is 2.71. The molecule has 0 saturated carbocycles. The first-order valence-electron chi connectivity index (χ1n) is 5.42. The number of rotatable bonds is 3. The second-order valence-corrected chi connectivity index (χ2v) is 3.84. The number of hydrogen-bond donors (Lipinski definition) is 1. The molecule has 0 aromatic heterocycles. The van der Waals surface area contributed by atoms with Gasteiger partial charge in [-0.25, -0.2) is 4.79 Å². The van der Waals surface area contributed by atoms with Crippen molar-refractivity contribution in [1.29, 1.82) is 5.26 Å². The van der Waals surface area contributed by atoms with Gasteiger partial charge in [-0.15, -0.1) is 0 Å². The van der Waals surface area contributed by atoms with Gasteiger partial charge in [-0.1, -0.05) is 6.07 Å². The van der Waals surface area contributed by atoms with Crippen molar-refractivity contribution in [3.05, 3.63) is 29.8 Å². The number of benzene rings is 1. The van der Waals surface area contributed by atoms with Gasteiger partial charge >= 0.3 is 6.09 Å². The van der Waals surface area contributed by atoms with E-state index in [1.54, 1.807) is 29.2 Å². The summed E-state index contributed by atoms with van der Waals surface area (Å²) < 4.78 is 5.01. The Morgan fingerprint density at radius 3 is 3.12 bits per heavy atom. The van der Waals surface area contributed by atoms with Gasteiger partial charge in [0, 0.05) is 5.69 Å². The molecule has 2 rings (SSSR count). The first-order chi connectivity index (χ1) is 8.26. The zero-order valence-electron chi connectivity index (χ0n) is 9.30. The van der Waals surface area contributed by atoms with Crippen LogP contribution in [-0.4, -0.2) is 25.3 Å². The number of carbonyl (C=O) groups excluding carboxylic acids is 1. The minimum Gasteiger partial charge on any atom is -0.447 e. The number of carbonyl (C=O) groups is 1. The Morgan fingerprint density at radius 2 is 2.41 bits per heavy atom. The topological polar surface area (TPSA) is 79.3 Å². The summed E-state index contributed by atoms with van der Waals surface area (Å²) in [6.45, 7) is 0.850. The lowest BCUT2D eigenvalue weighted by atomic mass is 10.1. The van der Waals surface area contributed by atoms with E-state index in [0.29, 0.717) is 30.8 Å². The molecule has 5 heteroatoms. The lowest BCUT2D eigenvalue weighted by molar-refractivity contribution is 0.178. The maximum atomic E-state index is 11.6. The fourth-order valence-electron chi connectivity index (χ4n) is 1.91. The molecule has 0 aliphatic carbocycles. The first kappa shape index (κ1) is 11.4. The summed E-state index contributed by atoms with van der Waals surface area (Å²) in [7, 11) is 0. The molecule has 1 unspecified atom stereocenters. The molecule has 1 heterocycles. The maximum absolute atomic E-state index is 11.6. The molecule has 1 amide bonds. The van der Waals surface area contributed by atoms with Crippen molar-refractivity contribution >= 4 is 11.8 Å². The zero-order valence-corrected chi connectivity index (χ0v) is 9.30. The van der Waals surface area contributed by atoms with E-state index in [1.165, 1.54) is 0 Å². The normalized spacial score (nSPS) is 18.9. The first-order valence-corrected chi connectivity index (χ1v) is 5.42. The molecule has 0 radical (unpaired) electrons. The summed E-state index contributed by atoms with van der Waals surface area (Å²) in [5.74, 6) is 0. The van der Waals surface area contributed by atoms with Gasteiger partial charge in [0.15, 0.2) is 0 Å². The molecular formula is C12H13N3O2. The highest BCUT2D eigenvalue weighted by Gasteiger charge is 2.33. The molecule has 5 nitrogen and oxygen atoms in total. The van der Waals surface area contributed by atoms with Crippen molar-refractivity contribution in [3.63, 3.8) is 0 Å². The van der Waals surface area contributed by atoms with E-state index < -0.39 is 0 Å². The van der Waals surface area contributed by atoms with Gasteiger partial charge in [0.25, 0.3) is 0 Å². The van der Waals surface area contributed by atoms with Gasteiger partial charge in [0.05, 0.1) is 17.7 Å². The Balaban J connectivity index is 2.30. The van der Waals surface area contributed by atoms with Crippen LogP contribution in [0.25, 0.3) is 0 Å². The van der Waals surface area contributed by atoms with Crippen LogP contribution in [0.2, 0.25) is 0 Å². The van der Waals surface area contributed by atoms with Crippen molar-refractivity contribution in [2.75, 3.05) is 18.1 Å². The fourth-order valence-corrected chi connectivity index (χ4v) is 1.91. The highest BCUT2D eigenvalue weighted by atomic mass is 16.6. The average molecular weight is 231 g/mol. The van der Waals surface area contributed by atoms with E-state index >= 15 is 0 Å². The van der Waals surface area contributed by atoms with Crippen LogP contribution in [0.15, 0.2) is 24.3 Å². The van der Waals surface area contributed by atoms with Crippen LogP contribution >= 0.6 is 0 Å². The molecule has 1 aliphatic heterocycles. The minimum atomic E-state index is -0.376. The number of amides is 1. The predicted molar refractivity (Wildman–Crippen MR) is 62.4 cm³/mol. The third kappa shape index (κ3) is 2.22. The molecule has 1 aliphatic rings. The van der Waals surface area contributed by atoms with Crippen LogP contribution in [0, 0.1) is 11.3 Å². The second-order valence-electron chi connectivity index (χ2n) is 3.84. The van der Waals surface area contributed by atoms with Crippen LogP contribution in [0.5, 0.6) is 0 Å². The number of cyclic esters (lactones) is 1. The molecule has 1 saturated heterocycles. The summed E-state index contributed by atoms with van der Waals surface area (Å²) in [5, 5.41) is 8.84. The third-order valence-corrected chi connectivity index (χ3v) is 2.71. The van der Waals surface area contributed by atoms with Crippen LogP contribution in [0.4, 0.5) is 10.5 Å². The Bertz CT molecular complexity index is 467. The number of nitrogens with zero attached hydrogens (tertiary/aromatic N) is 2. The monoisotopic (exact) mass is 231 g/mol. The molecule has 2 N–H and O–H groups in total. The Labute approximate surface area is 99.4 Å². The molecule has 0 spiro atoms. The molecular weight excluding hydrogens is 218 g/mol. The predicted octanol–water partition coefficient (Wildman–Crippen LogP) is 1.23. The largest absolute Gasteiger partial charge is 0.447 e. The van der Waals surface area contributed by atoms with Crippen LogP contribution < -0.4 is 10.6 Å². The maximum Gasteiger partial charge on any atom is 0.414 e. The molecule has 1 atom stereocenters. The standard InChI is InChI=1S/C12H13N3O2/c13-5-4-11-8-17-12(16)15(11)10-3-1-2-9(6-10)7-14/h1-3,6,11H,4-5,8,13H2. The van der Waals surface area contributed by atoms with Crippen molar-refractivity contribution in [3.8, 4) is 6.07 Å². The number of nitrogens with two attached hydrogens (primary N) is 1. The lowest BCUT2D eigenvalue weighted by Gasteiger charge is -2.20. The highest BCUT2D eigenvalue weighted by molar-refractivity contribution is 5.90. The van der Waals surface area contributed by atoms with Crippen LogP contribution in [0.3, 0.4) is 0 Å². The van der Waals surface area contributed by atoms with Crippen LogP contribution in [-0.2, 0) is 4.74 Å². The van der Waals surface area contributed by atoms with Gasteiger partial charge in [0.2, 0.25) is 0 Å². The van der Waals surface area contributed by atoms with Gasteiger partial charge < -0.3 is 10.5 Å². The van der Waals surface area contributed by atoms with E-state index in [-0.39, 0.29) is 12.1 Å². The average Bonchev–Trinajstić information content (AvgIpc) is 2.71. The van der Waals surface area contributed by atoms with Crippen molar-refractivity contribution in [2.24, 2.45) is 5.73 Å². The number of anilines is 1. The Morgan fingerprint density at radius 1 is 1.59 bits per heavy atom. The molecule has 1 fully saturated rings. The number of hydrogen-bond acceptors (Lipinski definition) is 4. The van der Waals surface area contributed by atoms with Crippen LogP contribution in [0.1, 0.15) is 12.0 Å². The van der Waals surface area contributed by atoms with Crippen molar-refractivity contribution < 1.29 is 9.53 Å². The van der Waals surface area contributed by atoms with Gasteiger partial charge in [0.1, 0.15) is 6.61 Å². The lowest BCUT2D eigenvalue weighted by Crippen LogP contribution is -2.34. The van der Waals surface area contributed by atoms with Crippen molar-refractivity contribution in [2.45, 2.75) is 12.5 Å². The molecule has 1 aromatic rings. The highest BCUT2D eigenvalue weighted by Crippen LogP contribution is 2.25. The van der Waals surface area contributed by atoms with E-state index in [9.17, 15) is 4.79 Å². The summed E-state index contributed by atoms with van der Waals surface area (Å²) in [6.07, 6.45) is 0.307. The second kappa shape index (κ2) is 4.85. The van der Waals surface area contributed by atoms with Crippen molar-refractivity contribution in [1.82, 2.24) is 0 Å². The Hall–Kier alpha value is -2.06. The summed E-state index contributed by atoms with van der Waals surface area (Å²) in [4.78, 5) is 13.2. The van der Waals surface area contributed by atoms with Gasteiger partial charge in [-0.2, -0.15) is 5.26 Å². The minimum absolute atomic E-state index is 0.0403. The van der Waals surface area contributed by atoms with Gasteiger partial charge in [-0.3, -0.25) is 4.90 Å². The van der Waals surface area contributed by atoms with E-state index in [0.717, 1.165) is 0 Å². The Kier molecular flexibility index (Phi) is 3.26. The quantitative estimate of drug-likeness (QED) is 0.848. The summed E-state index contributed by atoms with van der Waals surface area (Å²) in [5.41, 5.74) is 6.71. The summed E-state index contributed by atoms with van der Waals surface area (Å²) in [6, 6.07) is 8.92. The van der Waals surface area contributed by atoms with E-state index in [4.69, 9.17) is 15.7 Å². The smallest absolute Gasteiger partial charge is 0.414 e. The number of ether oxygens (including phenoxy) is 1. The van der Waals surface area contributed by atoms with E-state index in [1.807, 2.05) is 6.07 Å². The SMILES string of the molecule is N#Cc1cccc(N2C(=O)OCC2CCN)c1. The van der Waals surface area contributed by atoms with E-state index in [2.05, 4.69) is 0 Å². The molecule has 88 valence electrons. The fraction of sp³-hybridized carbons (Fsp3) is 0.333. The summed E-state index contributed by atoms with van der Waals surface area (Å²) >= 11 is 0. The molecule has 1 aromatic carbocycles. The molecule has 17 heavy (non-hydrogen) atoms.